The zero-order chi connectivity index (χ0) is 9.14. The average Bonchev–Trinajstić information content (AvgIpc) is 2.03. The van der Waals surface area contributed by atoms with Crippen LogP contribution < -0.4 is 23.6 Å². The molecule has 0 saturated heterocycles. The Labute approximate surface area is 91.2 Å². The normalized spacial score (nSPS) is 11.6. The number of methoxy groups -OCH3 is 1. The van der Waals surface area contributed by atoms with Gasteiger partial charge in [0.15, 0.2) is 0 Å². The van der Waals surface area contributed by atoms with Crippen molar-refractivity contribution in [1.82, 2.24) is 4.98 Å². The number of pyridine rings is 1. The Morgan fingerprint density at radius 1 is 1.54 bits per heavy atom. The molecule has 1 aromatic heterocycles. The third kappa shape index (κ3) is 3.12. The van der Waals surface area contributed by atoms with Gasteiger partial charge in [0.25, 0.3) is 0 Å². The molecule has 0 aliphatic carbocycles. The number of ether oxygens (including phenoxy) is 1. The molecule has 13 heavy (non-hydrogen) atoms. The predicted molar refractivity (Wildman–Crippen MR) is 42.7 cm³/mol. The van der Waals surface area contributed by atoms with Crippen molar-refractivity contribution in [1.29, 1.82) is 0 Å². The molecule has 0 spiro atoms. The van der Waals surface area contributed by atoms with Crippen LogP contribution in [0.4, 0.5) is 0 Å². The summed E-state index contributed by atoms with van der Waals surface area (Å²) in [5.41, 5.74) is 0.447. The molecule has 0 bridgehead atoms. The minimum Gasteiger partial charge on any atom is -0.768 e. The average molecular weight is 193 g/mol. The molecule has 1 atom stereocenters. The van der Waals surface area contributed by atoms with Gasteiger partial charge in [0.05, 0.1) is 12.8 Å². The molecule has 1 rings (SSSR count). The fourth-order valence-electron chi connectivity index (χ4n) is 0.815. The Hall–Kier alpha value is -0.343. The van der Waals surface area contributed by atoms with Gasteiger partial charge < -0.3 is 9.29 Å². The maximum atomic E-state index is 10.5. The van der Waals surface area contributed by atoms with E-state index in [4.69, 9.17) is 4.74 Å². The van der Waals surface area contributed by atoms with Crippen LogP contribution in [0.15, 0.2) is 17.0 Å². The molecule has 1 unspecified atom stereocenters. The zero-order valence-corrected chi connectivity index (χ0v) is 8.55. The summed E-state index contributed by atoms with van der Waals surface area (Å²) in [6, 6.07) is 2.97. The summed E-state index contributed by atoms with van der Waals surface area (Å²) >= 11 is -2.22. The van der Waals surface area contributed by atoms with Gasteiger partial charge in [-0.15, -0.1) is 0 Å². The molecule has 0 fully saturated rings. The van der Waals surface area contributed by atoms with Gasteiger partial charge in [0, 0.05) is 11.0 Å². The molecular formula is C7H8LiNO3S. The smallest absolute Gasteiger partial charge is 0.768 e. The van der Waals surface area contributed by atoms with Crippen molar-refractivity contribution in [3.8, 4) is 5.88 Å². The van der Waals surface area contributed by atoms with Crippen molar-refractivity contribution in [3.05, 3.63) is 17.8 Å². The molecule has 0 saturated carbocycles. The monoisotopic (exact) mass is 193 g/mol. The maximum Gasteiger partial charge on any atom is 1.00 e. The van der Waals surface area contributed by atoms with Crippen LogP contribution in [0.25, 0.3) is 0 Å². The Kier molecular flexibility index (Phi) is 5.26. The Bertz CT molecular complexity index is 319. The Morgan fingerprint density at radius 2 is 2.15 bits per heavy atom. The topological polar surface area (TPSA) is 62.2 Å². The summed E-state index contributed by atoms with van der Waals surface area (Å²) in [6.07, 6.45) is 0. The van der Waals surface area contributed by atoms with E-state index >= 15 is 0 Å². The SMILES string of the molecule is COc1ccc(S(=O)[O-])c(C)n1.[Li+]. The quantitative estimate of drug-likeness (QED) is 0.389. The number of nitrogens with zero attached hydrogens (tertiary/aromatic N) is 1. The Balaban J connectivity index is 0.00000144. The minimum absolute atomic E-state index is 0. The van der Waals surface area contributed by atoms with Crippen molar-refractivity contribution < 1.29 is 32.4 Å². The van der Waals surface area contributed by atoms with E-state index in [1.807, 2.05) is 0 Å². The van der Waals surface area contributed by atoms with Crippen LogP contribution in [-0.4, -0.2) is 20.9 Å². The number of aryl methyl sites for hydroxylation is 1. The Morgan fingerprint density at radius 3 is 2.54 bits per heavy atom. The van der Waals surface area contributed by atoms with E-state index in [-0.39, 0.29) is 23.8 Å². The molecule has 1 heterocycles. The van der Waals surface area contributed by atoms with Gasteiger partial charge in [-0.05, 0) is 24.1 Å². The number of hydrogen-bond donors (Lipinski definition) is 0. The number of aromatic nitrogens is 1. The number of rotatable bonds is 2. The van der Waals surface area contributed by atoms with Crippen LogP contribution in [0, 0.1) is 6.92 Å². The van der Waals surface area contributed by atoms with E-state index < -0.39 is 11.1 Å². The summed E-state index contributed by atoms with van der Waals surface area (Å²) in [6.45, 7) is 1.62. The van der Waals surface area contributed by atoms with Gasteiger partial charge in [-0.2, -0.15) is 0 Å². The minimum atomic E-state index is -2.22. The largest absolute Gasteiger partial charge is 1.00 e. The summed E-state index contributed by atoms with van der Waals surface area (Å²) in [7, 11) is 1.48. The fraction of sp³-hybridized carbons (Fsp3) is 0.286. The summed E-state index contributed by atoms with van der Waals surface area (Å²) < 4.78 is 25.9. The van der Waals surface area contributed by atoms with Gasteiger partial charge in [0.1, 0.15) is 0 Å². The van der Waals surface area contributed by atoms with Crippen LogP contribution in [0.5, 0.6) is 5.88 Å². The van der Waals surface area contributed by atoms with Gasteiger partial charge in [-0.3, -0.25) is 4.21 Å². The van der Waals surface area contributed by atoms with Crippen LogP contribution in [-0.2, 0) is 11.1 Å². The van der Waals surface area contributed by atoms with Crippen LogP contribution in [0.3, 0.4) is 0 Å². The van der Waals surface area contributed by atoms with E-state index in [2.05, 4.69) is 4.98 Å². The second kappa shape index (κ2) is 5.40. The second-order valence-corrected chi connectivity index (χ2v) is 3.08. The first-order valence-corrected chi connectivity index (χ1v) is 4.33. The summed E-state index contributed by atoms with van der Waals surface area (Å²) in [5.74, 6) is 0.418. The van der Waals surface area contributed by atoms with E-state index in [0.717, 1.165) is 0 Å². The molecule has 0 aliphatic heterocycles. The first-order chi connectivity index (χ1) is 5.65. The molecule has 0 radical (unpaired) electrons. The molecule has 0 aliphatic rings. The maximum absolute atomic E-state index is 10.5. The van der Waals surface area contributed by atoms with Gasteiger partial charge >= 0.3 is 18.9 Å². The summed E-state index contributed by atoms with van der Waals surface area (Å²) in [5, 5.41) is 0. The van der Waals surface area contributed by atoms with Crippen LogP contribution in [0.2, 0.25) is 0 Å². The molecule has 0 amide bonds. The summed E-state index contributed by atoms with van der Waals surface area (Å²) in [4.78, 5) is 4.10. The van der Waals surface area contributed by atoms with Crippen molar-refractivity contribution >= 4 is 11.1 Å². The van der Waals surface area contributed by atoms with Gasteiger partial charge in [0.2, 0.25) is 5.88 Å². The fourth-order valence-corrected chi connectivity index (χ4v) is 1.28. The predicted octanol–water partition coefficient (Wildman–Crippen LogP) is -2.36. The molecule has 0 N–H and O–H groups in total. The third-order valence-electron chi connectivity index (χ3n) is 1.40. The first kappa shape index (κ1) is 12.7. The molecule has 6 heteroatoms. The number of hydrogen-bond acceptors (Lipinski definition) is 4. The van der Waals surface area contributed by atoms with E-state index in [0.29, 0.717) is 11.6 Å². The molecule has 4 nitrogen and oxygen atoms in total. The van der Waals surface area contributed by atoms with Crippen molar-refractivity contribution in [2.45, 2.75) is 11.8 Å². The molecule has 0 aromatic carbocycles. The molecule has 1 aromatic rings. The molecular weight excluding hydrogens is 185 g/mol. The van der Waals surface area contributed by atoms with Gasteiger partial charge in [-0.1, -0.05) is 0 Å². The van der Waals surface area contributed by atoms with E-state index in [1.54, 1.807) is 6.92 Å². The van der Waals surface area contributed by atoms with Gasteiger partial charge in [-0.25, -0.2) is 4.98 Å². The molecule has 66 valence electrons. The van der Waals surface area contributed by atoms with Crippen molar-refractivity contribution in [3.63, 3.8) is 0 Å². The standard InChI is InChI=1S/C7H9NO3S.Li/c1-5-6(12(9)10)3-4-7(8-5)11-2;/h3-4H,1-2H3,(H,9,10);/q;+1/p-1. The van der Waals surface area contributed by atoms with Crippen LogP contribution >= 0.6 is 0 Å². The van der Waals surface area contributed by atoms with E-state index in [1.165, 1.54) is 19.2 Å². The van der Waals surface area contributed by atoms with E-state index in [9.17, 15) is 8.76 Å². The van der Waals surface area contributed by atoms with Crippen molar-refractivity contribution in [2.75, 3.05) is 7.11 Å². The zero-order valence-electron chi connectivity index (χ0n) is 7.73. The van der Waals surface area contributed by atoms with Crippen molar-refractivity contribution in [2.24, 2.45) is 0 Å². The van der Waals surface area contributed by atoms with Crippen LogP contribution in [0.1, 0.15) is 5.69 Å². The third-order valence-corrected chi connectivity index (χ3v) is 2.19. The first-order valence-electron chi connectivity index (χ1n) is 3.26. The second-order valence-electron chi connectivity index (χ2n) is 2.17.